The maximum absolute atomic E-state index is 13.6. The SMILES string of the molecule is CCC[C@H](NC(=O)[C@@H](NC(=O)c1cc[n+]([O-])cc1)[C@@H](C)CC)C(=O)N[C@H](CN[C@@H](C)C(=O)N[C@H](C(=O)NCC)c1ccccc1)CC(C)C. The minimum atomic E-state index is -0.907. The van der Waals surface area contributed by atoms with Crippen molar-refractivity contribution in [2.75, 3.05) is 13.1 Å². The zero-order valence-electron chi connectivity index (χ0n) is 29.9. The molecule has 0 radical (unpaired) electrons. The van der Waals surface area contributed by atoms with Crippen LogP contribution in [0, 0.1) is 17.0 Å². The third-order valence-corrected chi connectivity index (χ3v) is 8.26. The van der Waals surface area contributed by atoms with Gasteiger partial charge in [0.1, 0.15) is 18.1 Å². The zero-order valence-corrected chi connectivity index (χ0v) is 29.9. The van der Waals surface area contributed by atoms with E-state index in [0.29, 0.717) is 42.5 Å². The van der Waals surface area contributed by atoms with Gasteiger partial charge in [-0.1, -0.05) is 77.8 Å². The minimum absolute atomic E-state index is 0.217. The first kappa shape index (κ1) is 40.7. The number of pyridine rings is 1. The van der Waals surface area contributed by atoms with Crippen LogP contribution in [-0.2, 0) is 19.2 Å². The van der Waals surface area contributed by atoms with Crippen LogP contribution in [-0.4, -0.2) is 66.8 Å². The van der Waals surface area contributed by atoms with Crippen LogP contribution in [0.5, 0.6) is 0 Å². The van der Waals surface area contributed by atoms with Crippen molar-refractivity contribution < 1.29 is 28.7 Å². The monoisotopic (exact) mass is 681 g/mol. The second-order valence-corrected chi connectivity index (χ2v) is 12.8. The molecule has 6 N–H and O–H groups in total. The molecule has 0 spiro atoms. The summed E-state index contributed by atoms with van der Waals surface area (Å²) < 4.78 is 0.566. The molecule has 49 heavy (non-hydrogen) atoms. The highest BCUT2D eigenvalue weighted by Gasteiger charge is 2.31. The van der Waals surface area contributed by atoms with Crippen LogP contribution in [0.1, 0.15) is 96.1 Å². The highest BCUT2D eigenvalue weighted by Crippen LogP contribution is 2.14. The van der Waals surface area contributed by atoms with E-state index in [1.807, 2.05) is 47.6 Å². The number of hydrogen-bond donors (Lipinski definition) is 6. The van der Waals surface area contributed by atoms with Gasteiger partial charge in [-0.25, -0.2) is 0 Å². The zero-order chi connectivity index (χ0) is 36.5. The van der Waals surface area contributed by atoms with E-state index in [9.17, 15) is 29.2 Å². The van der Waals surface area contributed by atoms with Gasteiger partial charge in [0.2, 0.25) is 23.6 Å². The molecule has 0 unspecified atom stereocenters. The van der Waals surface area contributed by atoms with E-state index in [1.54, 1.807) is 31.2 Å². The van der Waals surface area contributed by atoms with Crippen molar-refractivity contribution in [2.45, 2.75) is 104 Å². The van der Waals surface area contributed by atoms with Gasteiger partial charge >= 0.3 is 0 Å². The second-order valence-electron chi connectivity index (χ2n) is 12.8. The number of carbonyl (C=O) groups excluding carboxylic acids is 5. The van der Waals surface area contributed by atoms with Crippen LogP contribution < -0.4 is 36.6 Å². The molecule has 6 atom stereocenters. The van der Waals surface area contributed by atoms with E-state index in [2.05, 4.69) is 31.9 Å². The van der Waals surface area contributed by atoms with Crippen molar-refractivity contribution in [1.29, 1.82) is 0 Å². The number of benzene rings is 1. The number of rotatable bonds is 20. The molecule has 0 saturated heterocycles. The molecule has 13 heteroatoms. The summed E-state index contributed by atoms with van der Waals surface area (Å²) in [6, 6.07) is 8.10. The molecule has 1 aromatic heterocycles. The molecule has 0 fully saturated rings. The molecule has 13 nitrogen and oxygen atoms in total. The average Bonchev–Trinajstić information content (AvgIpc) is 3.07. The number of likely N-dealkylation sites (N-methyl/N-ethyl adjacent to an activating group) is 1. The molecule has 2 aromatic rings. The fraction of sp³-hybridized carbons (Fsp3) is 0.556. The Balaban J connectivity index is 2.11. The standard InChI is InChI=1S/C36H55N7O6/c1-8-14-29(40-36(48)30(24(6)9-2)41-33(45)27-17-19-43(49)20-18-27)34(46)39-28(21-23(4)5)22-38-25(7)32(44)42-31(35(47)37-10-3)26-15-12-11-13-16-26/h11-13,15-20,23-25,28-31,38H,8-10,14,21-22H2,1-7H3,(H,37,47)(H,39,46)(H,40,48)(H,41,45)(H,42,44)/t24-,25-,28-,29-,30-,31-/m0/s1. The molecule has 5 amide bonds. The van der Waals surface area contributed by atoms with E-state index in [4.69, 9.17) is 0 Å². The highest BCUT2D eigenvalue weighted by atomic mass is 16.5. The summed E-state index contributed by atoms with van der Waals surface area (Å²) in [7, 11) is 0. The fourth-order valence-corrected chi connectivity index (χ4v) is 5.27. The Labute approximate surface area is 290 Å². The van der Waals surface area contributed by atoms with Crippen LogP contribution in [0.25, 0.3) is 0 Å². The molecule has 1 heterocycles. The summed E-state index contributed by atoms with van der Waals surface area (Å²) in [5, 5.41) is 28.9. The highest BCUT2D eigenvalue weighted by molar-refractivity contribution is 5.98. The first-order valence-corrected chi connectivity index (χ1v) is 17.3. The Morgan fingerprint density at radius 3 is 2.00 bits per heavy atom. The normalized spacial score (nSPS) is 14.8. The van der Waals surface area contributed by atoms with Gasteiger partial charge < -0.3 is 37.1 Å². The quantitative estimate of drug-likeness (QED) is 0.0915. The summed E-state index contributed by atoms with van der Waals surface area (Å²) in [5.41, 5.74) is 0.901. The Kier molecular flexibility index (Phi) is 17.2. The van der Waals surface area contributed by atoms with Crippen LogP contribution in [0.3, 0.4) is 0 Å². The molecule has 0 aliphatic heterocycles. The Bertz CT molecular complexity index is 1360. The molecule has 270 valence electrons. The molecule has 0 saturated carbocycles. The predicted molar refractivity (Wildman–Crippen MR) is 188 cm³/mol. The Morgan fingerprint density at radius 1 is 0.776 bits per heavy atom. The molecule has 0 aliphatic carbocycles. The Hall–Kier alpha value is -4.52. The van der Waals surface area contributed by atoms with E-state index in [0.717, 1.165) is 0 Å². The minimum Gasteiger partial charge on any atom is -0.619 e. The number of nitrogens with zero attached hydrogens (tertiary/aromatic N) is 1. The average molecular weight is 682 g/mol. The first-order valence-electron chi connectivity index (χ1n) is 17.3. The number of hydrogen-bond acceptors (Lipinski definition) is 7. The lowest BCUT2D eigenvalue weighted by molar-refractivity contribution is -0.605. The van der Waals surface area contributed by atoms with Crippen molar-refractivity contribution in [2.24, 2.45) is 11.8 Å². The number of amides is 5. The van der Waals surface area contributed by atoms with Crippen molar-refractivity contribution in [3.8, 4) is 0 Å². The van der Waals surface area contributed by atoms with Crippen LogP contribution in [0.2, 0.25) is 0 Å². The summed E-state index contributed by atoms with van der Waals surface area (Å²) >= 11 is 0. The maximum atomic E-state index is 13.6. The molecule has 2 rings (SSSR count). The van der Waals surface area contributed by atoms with Crippen molar-refractivity contribution in [3.05, 3.63) is 71.2 Å². The van der Waals surface area contributed by atoms with Gasteiger partial charge in [-0.15, -0.1) is 0 Å². The number of aromatic nitrogens is 1. The maximum Gasteiger partial charge on any atom is 0.252 e. The summed E-state index contributed by atoms with van der Waals surface area (Å²) in [6.07, 6.45) is 4.62. The summed E-state index contributed by atoms with van der Waals surface area (Å²) in [5.74, 6) is -2.04. The topological polar surface area (TPSA) is 184 Å². The van der Waals surface area contributed by atoms with E-state index in [1.165, 1.54) is 24.5 Å². The smallest absolute Gasteiger partial charge is 0.252 e. The fourth-order valence-electron chi connectivity index (χ4n) is 5.27. The van der Waals surface area contributed by atoms with Gasteiger partial charge in [0.25, 0.3) is 5.91 Å². The number of nitrogens with one attached hydrogen (secondary N) is 6. The van der Waals surface area contributed by atoms with Gasteiger partial charge in [-0.05, 0) is 44.1 Å². The summed E-state index contributed by atoms with van der Waals surface area (Å²) in [6.45, 7) is 13.9. The molecule has 0 bridgehead atoms. The van der Waals surface area contributed by atoms with E-state index in [-0.39, 0.29) is 47.7 Å². The van der Waals surface area contributed by atoms with Crippen LogP contribution >= 0.6 is 0 Å². The van der Waals surface area contributed by atoms with E-state index < -0.39 is 36.0 Å². The van der Waals surface area contributed by atoms with Crippen LogP contribution in [0.4, 0.5) is 0 Å². The first-order chi connectivity index (χ1) is 23.3. The van der Waals surface area contributed by atoms with Gasteiger partial charge in [-0.3, -0.25) is 24.0 Å². The largest absolute Gasteiger partial charge is 0.619 e. The molecular weight excluding hydrogens is 626 g/mol. The van der Waals surface area contributed by atoms with Crippen molar-refractivity contribution >= 4 is 29.5 Å². The third-order valence-electron chi connectivity index (χ3n) is 8.26. The molecule has 1 aromatic carbocycles. The van der Waals surface area contributed by atoms with Gasteiger partial charge in [-0.2, -0.15) is 4.73 Å². The van der Waals surface area contributed by atoms with Gasteiger partial charge in [0, 0.05) is 31.3 Å². The van der Waals surface area contributed by atoms with Gasteiger partial charge in [0.05, 0.1) is 11.6 Å². The Morgan fingerprint density at radius 2 is 1.43 bits per heavy atom. The van der Waals surface area contributed by atoms with Gasteiger partial charge in [0.15, 0.2) is 12.4 Å². The molecular formula is C36H55N7O6. The molecule has 0 aliphatic rings. The predicted octanol–water partition coefficient (Wildman–Crippen LogP) is 2.25. The van der Waals surface area contributed by atoms with Crippen molar-refractivity contribution in [1.82, 2.24) is 31.9 Å². The van der Waals surface area contributed by atoms with Crippen LogP contribution in [0.15, 0.2) is 54.9 Å². The third kappa shape index (κ3) is 13.5. The lowest BCUT2D eigenvalue weighted by Gasteiger charge is -2.29. The lowest BCUT2D eigenvalue weighted by atomic mass is 9.97. The summed E-state index contributed by atoms with van der Waals surface area (Å²) in [4.78, 5) is 66.1. The second kappa shape index (κ2) is 20.8. The van der Waals surface area contributed by atoms with E-state index >= 15 is 0 Å². The number of carbonyl (C=O) groups is 5. The van der Waals surface area contributed by atoms with Crippen molar-refractivity contribution in [3.63, 3.8) is 0 Å². The lowest BCUT2D eigenvalue weighted by Crippen LogP contribution is -2.57.